The highest BCUT2D eigenvalue weighted by molar-refractivity contribution is 7.88. The molecule has 146 valence electrons. The largest absolute Gasteiger partial charge is 0.534 e. The van der Waals surface area contributed by atoms with Gasteiger partial charge in [0.05, 0.1) is 0 Å². The quantitative estimate of drug-likeness (QED) is 0.421. The van der Waals surface area contributed by atoms with Gasteiger partial charge in [-0.1, -0.05) is 60.7 Å². The maximum atomic E-state index is 12.4. The number of rotatable bonds is 6. The third-order valence-corrected chi connectivity index (χ3v) is 4.75. The van der Waals surface area contributed by atoms with Gasteiger partial charge in [0.25, 0.3) is 0 Å². The molecule has 0 unspecified atom stereocenters. The van der Waals surface area contributed by atoms with Crippen LogP contribution < -0.4 is 8.92 Å². The van der Waals surface area contributed by atoms with Crippen molar-refractivity contribution in [3.63, 3.8) is 0 Å². The Bertz CT molecular complexity index is 963. The van der Waals surface area contributed by atoms with Crippen LogP contribution in [0.5, 0.6) is 11.5 Å². The third kappa shape index (κ3) is 4.64. The maximum absolute atomic E-state index is 12.4. The van der Waals surface area contributed by atoms with Crippen LogP contribution in [0.25, 0.3) is 0 Å². The molecule has 0 heterocycles. The predicted octanol–water partition coefficient (Wildman–Crippen LogP) is 5.08. The molecule has 3 rings (SSSR count). The van der Waals surface area contributed by atoms with E-state index in [1.54, 1.807) is 0 Å². The fourth-order valence-electron chi connectivity index (χ4n) is 2.47. The van der Waals surface area contributed by atoms with Gasteiger partial charge in [-0.15, -0.1) is 0 Å². The summed E-state index contributed by atoms with van der Waals surface area (Å²) in [6.07, 6.45) is -0.451. The minimum absolute atomic E-state index is 0.342. The second kappa shape index (κ2) is 7.93. The molecule has 0 aliphatic carbocycles. The van der Waals surface area contributed by atoms with Gasteiger partial charge in [0.2, 0.25) is 0 Å². The normalized spacial score (nSPS) is 12.0. The zero-order chi connectivity index (χ0) is 20.2. The summed E-state index contributed by atoms with van der Waals surface area (Å²) in [6.45, 7) is 0. The second-order valence-corrected chi connectivity index (χ2v) is 7.31. The van der Waals surface area contributed by atoms with Crippen molar-refractivity contribution < 1.29 is 30.5 Å². The molecule has 8 heteroatoms. The van der Waals surface area contributed by atoms with Crippen LogP contribution in [0.2, 0.25) is 0 Å². The molecule has 3 aromatic carbocycles. The average Bonchev–Trinajstić information content (AvgIpc) is 2.67. The van der Waals surface area contributed by atoms with Crippen molar-refractivity contribution in [2.45, 2.75) is 11.6 Å². The van der Waals surface area contributed by atoms with Crippen LogP contribution in [0, 0.1) is 0 Å². The number of hydrogen-bond acceptors (Lipinski definition) is 4. The van der Waals surface area contributed by atoms with Crippen LogP contribution in [0.3, 0.4) is 0 Å². The molecule has 0 aromatic heterocycles. The van der Waals surface area contributed by atoms with Crippen molar-refractivity contribution >= 4 is 10.1 Å². The molecular weight excluding hydrogens is 393 g/mol. The van der Waals surface area contributed by atoms with E-state index in [-0.39, 0.29) is 0 Å². The van der Waals surface area contributed by atoms with E-state index in [9.17, 15) is 21.6 Å². The first-order valence-electron chi connectivity index (χ1n) is 8.14. The predicted molar refractivity (Wildman–Crippen MR) is 97.4 cm³/mol. The number of benzene rings is 3. The fourth-order valence-corrected chi connectivity index (χ4v) is 2.93. The Morgan fingerprint density at radius 2 is 1.11 bits per heavy atom. The minimum Gasteiger partial charge on any atom is -0.481 e. The van der Waals surface area contributed by atoms with E-state index in [2.05, 4.69) is 4.18 Å². The summed E-state index contributed by atoms with van der Waals surface area (Å²) in [5, 5.41) is 0. The molecule has 0 saturated heterocycles. The van der Waals surface area contributed by atoms with Gasteiger partial charge in [-0.25, -0.2) is 0 Å². The maximum Gasteiger partial charge on any atom is 0.534 e. The summed E-state index contributed by atoms with van der Waals surface area (Å²) in [5.74, 6) is -0.116. The molecule has 0 bridgehead atoms. The van der Waals surface area contributed by atoms with E-state index in [0.29, 0.717) is 5.75 Å². The Labute approximate surface area is 160 Å². The number of hydrogen-bond donors (Lipinski definition) is 0. The first kappa shape index (κ1) is 19.8. The Morgan fingerprint density at radius 3 is 1.54 bits per heavy atom. The lowest BCUT2D eigenvalue weighted by Crippen LogP contribution is -2.28. The summed E-state index contributed by atoms with van der Waals surface area (Å²) in [7, 11) is -5.71. The topological polar surface area (TPSA) is 52.6 Å². The lowest BCUT2D eigenvalue weighted by Gasteiger charge is -2.20. The van der Waals surface area contributed by atoms with Crippen molar-refractivity contribution in [2.75, 3.05) is 0 Å². The van der Waals surface area contributed by atoms with Crippen molar-refractivity contribution in [2.24, 2.45) is 0 Å². The van der Waals surface area contributed by atoms with Gasteiger partial charge in [0.1, 0.15) is 17.6 Å². The SMILES string of the molecule is O=S(=O)(Oc1ccc(OC(c2ccccc2)c2ccccc2)cc1)C(F)(F)F. The van der Waals surface area contributed by atoms with E-state index in [1.807, 2.05) is 60.7 Å². The zero-order valence-electron chi connectivity index (χ0n) is 14.3. The smallest absolute Gasteiger partial charge is 0.481 e. The molecule has 0 aliphatic heterocycles. The van der Waals surface area contributed by atoms with Gasteiger partial charge in [-0.2, -0.15) is 21.6 Å². The molecule has 0 amide bonds. The highest BCUT2D eigenvalue weighted by Gasteiger charge is 2.48. The molecule has 0 saturated carbocycles. The van der Waals surface area contributed by atoms with E-state index in [4.69, 9.17) is 4.74 Å². The molecule has 0 fully saturated rings. The van der Waals surface area contributed by atoms with Crippen molar-refractivity contribution in [3.05, 3.63) is 96.1 Å². The zero-order valence-corrected chi connectivity index (χ0v) is 15.2. The minimum atomic E-state index is -5.71. The molecule has 28 heavy (non-hydrogen) atoms. The van der Waals surface area contributed by atoms with Crippen LogP contribution in [0.1, 0.15) is 17.2 Å². The van der Waals surface area contributed by atoms with E-state index < -0.39 is 27.5 Å². The van der Waals surface area contributed by atoms with Crippen LogP contribution in [0.4, 0.5) is 13.2 Å². The number of ether oxygens (including phenoxy) is 1. The Morgan fingerprint density at radius 1 is 0.679 bits per heavy atom. The monoisotopic (exact) mass is 408 g/mol. The van der Waals surface area contributed by atoms with E-state index >= 15 is 0 Å². The first-order valence-corrected chi connectivity index (χ1v) is 9.54. The van der Waals surface area contributed by atoms with Gasteiger partial charge < -0.3 is 8.92 Å². The van der Waals surface area contributed by atoms with E-state index in [1.165, 1.54) is 12.1 Å². The summed E-state index contributed by atoms with van der Waals surface area (Å²) >= 11 is 0. The van der Waals surface area contributed by atoms with Gasteiger partial charge in [0.15, 0.2) is 0 Å². The standard InChI is InChI=1S/C20H15F3O4S/c21-20(22,23)28(24,25)27-18-13-11-17(12-14-18)26-19(15-7-3-1-4-8-15)16-9-5-2-6-10-16/h1-14,19H. The Balaban J connectivity index is 1.83. The van der Waals surface area contributed by atoms with Gasteiger partial charge >= 0.3 is 15.6 Å². The molecule has 0 aliphatic rings. The Hall–Kier alpha value is -3.00. The molecule has 0 spiro atoms. The molecule has 3 aromatic rings. The van der Waals surface area contributed by atoms with E-state index in [0.717, 1.165) is 23.3 Å². The molecular formula is C20H15F3O4S. The highest BCUT2D eigenvalue weighted by Crippen LogP contribution is 2.31. The number of alkyl halides is 3. The van der Waals surface area contributed by atoms with Gasteiger partial charge in [-0.3, -0.25) is 0 Å². The van der Waals surface area contributed by atoms with Crippen LogP contribution >= 0.6 is 0 Å². The van der Waals surface area contributed by atoms with Crippen LogP contribution in [-0.2, 0) is 10.1 Å². The first-order chi connectivity index (χ1) is 13.3. The highest BCUT2D eigenvalue weighted by atomic mass is 32.2. The molecule has 0 radical (unpaired) electrons. The van der Waals surface area contributed by atoms with Gasteiger partial charge in [0, 0.05) is 0 Å². The molecule has 0 atom stereocenters. The Kier molecular flexibility index (Phi) is 5.60. The summed E-state index contributed by atoms with van der Waals surface area (Å²) in [4.78, 5) is 0. The number of halogens is 3. The summed E-state index contributed by atoms with van der Waals surface area (Å²) in [6, 6.07) is 23.7. The van der Waals surface area contributed by atoms with Crippen molar-refractivity contribution in [1.82, 2.24) is 0 Å². The molecule has 4 nitrogen and oxygen atoms in total. The van der Waals surface area contributed by atoms with Crippen LogP contribution in [0.15, 0.2) is 84.9 Å². The average molecular weight is 408 g/mol. The summed E-state index contributed by atoms with van der Waals surface area (Å²) < 4.78 is 69.5. The second-order valence-electron chi connectivity index (χ2n) is 5.77. The van der Waals surface area contributed by atoms with Crippen LogP contribution in [-0.4, -0.2) is 13.9 Å². The summed E-state index contributed by atoms with van der Waals surface area (Å²) in [5.41, 5.74) is -3.73. The lowest BCUT2D eigenvalue weighted by molar-refractivity contribution is -0.0500. The molecule has 0 N–H and O–H groups in total. The van der Waals surface area contributed by atoms with Gasteiger partial charge in [-0.05, 0) is 35.4 Å². The van der Waals surface area contributed by atoms with Crippen molar-refractivity contribution in [1.29, 1.82) is 0 Å². The fraction of sp³-hybridized carbons (Fsp3) is 0.100. The van der Waals surface area contributed by atoms with Crippen molar-refractivity contribution in [3.8, 4) is 11.5 Å². The third-order valence-electron chi connectivity index (χ3n) is 3.77. The lowest BCUT2D eigenvalue weighted by atomic mass is 10.0.